The normalized spacial score (nSPS) is 12.5. The summed E-state index contributed by atoms with van der Waals surface area (Å²) in [5, 5.41) is 5.34. The third-order valence-corrected chi connectivity index (χ3v) is 4.61. The molecule has 0 aromatic heterocycles. The van der Waals surface area contributed by atoms with Crippen LogP contribution in [0.15, 0.2) is 60.7 Å². The zero-order valence-electron chi connectivity index (χ0n) is 18.2. The number of esters is 1. The molecule has 0 aliphatic rings. The lowest BCUT2D eigenvalue weighted by molar-refractivity contribution is -0.145. The average molecular weight is 427 g/mol. The van der Waals surface area contributed by atoms with E-state index in [2.05, 4.69) is 10.6 Å². The van der Waals surface area contributed by atoms with E-state index in [9.17, 15) is 14.4 Å². The van der Waals surface area contributed by atoms with Gasteiger partial charge in [0.05, 0.1) is 7.11 Å². The molecule has 2 aromatic carbocycles. The molecule has 0 fully saturated rings. The predicted molar refractivity (Wildman–Crippen MR) is 117 cm³/mol. The molecule has 2 amide bonds. The summed E-state index contributed by atoms with van der Waals surface area (Å²) in [5.74, 6) is -0.829. The maximum absolute atomic E-state index is 13.0. The van der Waals surface area contributed by atoms with E-state index in [0.717, 1.165) is 11.1 Å². The first-order valence-electron chi connectivity index (χ1n) is 10.3. The number of nitrogens with one attached hydrogen (secondary N) is 2. The van der Waals surface area contributed by atoms with E-state index in [4.69, 9.17) is 9.47 Å². The molecule has 0 unspecified atom stereocenters. The number of rotatable bonds is 10. The van der Waals surface area contributed by atoms with Crippen molar-refractivity contribution in [3.8, 4) is 0 Å². The van der Waals surface area contributed by atoms with E-state index < -0.39 is 30.1 Å². The topological polar surface area (TPSA) is 93.7 Å². The van der Waals surface area contributed by atoms with Crippen LogP contribution in [-0.4, -0.2) is 37.2 Å². The number of benzene rings is 2. The molecule has 0 aliphatic carbocycles. The predicted octanol–water partition coefficient (Wildman–Crippen LogP) is 3.23. The number of alkyl carbamates (subject to hydrolysis) is 1. The Labute approximate surface area is 183 Å². The molecule has 2 aromatic rings. The van der Waals surface area contributed by atoms with Crippen LogP contribution in [0, 0.1) is 5.92 Å². The summed E-state index contributed by atoms with van der Waals surface area (Å²) in [6.07, 6.45) is -0.0316. The number of carbonyl (C=O) groups excluding carboxylic acids is 3. The maximum atomic E-state index is 13.0. The van der Waals surface area contributed by atoms with Crippen molar-refractivity contribution in [2.75, 3.05) is 7.11 Å². The monoisotopic (exact) mass is 426 g/mol. The smallest absolute Gasteiger partial charge is 0.408 e. The van der Waals surface area contributed by atoms with Gasteiger partial charge in [-0.15, -0.1) is 0 Å². The molecule has 0 saturated carbocycles. The number of ether oxygens (including phenoxy) is 2. The molecule has 2 atom stereocenters. The maximum Gasteiger partial charge on any atom is 0.408 e. The SMILES string of the molecule is COC(=O)[C@@H](CC(C)C)NC(=O)[C@@H](Cc1ccccc1)NC(=O)OCc1ccccc1. The van der Waals surface area contributed by atoms with Crippen LogP contribution in [0.5, 0.6) is 0 Å². The van der Waals surface area contributed by atoms with Crippen molar-refractivity contribution in [3.63, 3.8) is 0 Å². The molecule has 166 valence electrons. The van der Waals surface area contributed by atoms with Gasteiger partial charge < -0.3 is 20.1 Å². The van der Waals surface area contributed by atoms with Crippen LogP contribution >= 0.6 is 0 Å². The highest BCUT2D eigenvalue weighted by molar-refractivity contribution is 5.89. The molecule has 0 heterocycles. The highest BCUT2D eigenvalue weighted by Crippen LogP contribution is 2.09. The van der Waals surface area contributed by atoms with Crippen molar-refractivity contribution in [3.05, 3.63) is 71.8 Å². The van der Waals surface area contributed by atoms with E-state index >= 15 is 0 Å². The summed E-state index contributed by atoms with van der Waals surface area (Å²) in [5.41, 5.74) is 1.70. The fourth-order valence-corrected chi connectivity index (χ4v) is 3.07. The van der Waals surface area contributed by atoms with Crippen LogP contribution < -0.4 is 10.6 Å². The molecule has 31 heavy (non-hydrogen) atoms. The molecule has 2 rings (SSSR count). The second-order valence-electron chi connectivity index (χ2n) is 7.66. The van der Waals surface area contributed by atoms with E-state index in [0.29, 0.717) is 6.42 Å². The Bertz CT molecular complexity index is 840. The summed E-state index contributed by atoms with van der Waals surface area (Å²) < 4.78 is 10.1. The standard InChI is InChI=1S/C24H30N2O5/c1-17(2)14-21(23(28)30-3)25-22(27)20(15-18-10-6-4-7-11-18)26-24(29)31-16-19-12-8-5-9-13-19/h4-13,17,20-21H,14-16H2,1-3H3,(H,25,27)(H,26,29)/t20-,21-/m1/s1. The van der Waals surface area contributed by atoms with E-state index in [-0.39, 0.29) is 18.9 Å². The van der Waals surface area contributed by atoms with Crippen LogP contribution in [0.3, 0.4) is 0 Å². The molecule has 7 heteroatoms. The number of methoxy groups -OCH3 is 1. The quantitative estimate of drug-likeness (QED) is 0.569. The second-order valence-corrected chi connectivity index (χ2v) is 7.66. The van der Waals surface area contributed by atoms with Crippen LogP contribution in [0.4, 0.5) is 4.79 Å². The number of hydrogen-bond donors (Lipinski definition) is 2. The summed E-state index contributed by atoms with van der Waals surface area (Å²) >= 11 is 0. The molecule has 7 nitrogen and oxygen atoms in total. The molecule has 0 bridgehead atoms. The van der Waals surface area contributed by atoms with Gasteiger partial charge in [0.25, 0.3) is 0 Å². The van der Waals surface area contributed by atoms with Gasteiger partial charge in [0, 0.05) is 6.42 Å². The van der Waals surface area contributed by atoms with Gasteiger partial charge in [-0.1, -0.05) is 74.5 Å². The minimum atomic E-state index is -0.912. The van der Waals surface area contributed by atoms with Gasteiger partial charge in [-0.3, -0.25) is 4.79 Å². The van der Waals surface area contributed by atoms with Crippen LogP contribution in [0.1, 0.15) is 31.4 Å². The minimum absolute atomic E-state index is 0.0878. The third kappa shape index (κ3) is 8.50. The summed E-state index contributed by atoms with van der Waals surface area (Å²) in [7, 11) is 1.28. The van der Waals surface area contributed by atoms with Gasteiger partial charge >= 0.3 is 12.1 Å². The fourth-order valence-electron chi connectivity index (χ4n) is 3.07. The summed E-state index contributed by atoms with van der Waals surface area (Å²) in [6.45, 7) is 3.98. The first-order chi connectivity index (χ1) is 14.9. The van der Waals surface area contributed by atoms with Crippen molar-refractivity contribution in [2.45, 2.75) is 45.4 Å². The van der Waals surface area contributed by atoms with Gasteiger partial charge in [0.2, 0.25) is 5.91 Å². The van der Waals surface area contributed by atoms with Gasteiger partial charge in [0.15, 0.2) is 0 Å². The van der Waals surface area contributed by atoms with Gasteiger partial charge in [-0.2, -0.15) is 0 Å². The lowest BCUT2D eigenvalue weighted by Gasteiger charge is -2.23. The van der Waals surface area contributed by atoms with Crippen molar-refractivity contribution in [1.82, 2.24) is 10.6 Å². The van der Waals surface area contributed by atoms with Crippen molar-refractivity contribution in [1.29, 1.82) is 0 Å². The highest BCUT2D eigenvalue weighted by Gasteiger charge is 2.28. The molecular formula is C24H30N2O5. The molecule has 0 radical (unpaired) electrons. The van der Waals surface area contributed by atoms with E-state index in [1.54, 1.807) is 0 Å². The molecule has 2 N–H and O–H groups in total. The second kappa shape index (κ2) is 12.4. The lowest BCUT2D eigenvalue weighted by atomic mass is 10.0. The largest absolute Gasteiger partial charge is 0.467 e. The van der Waals surface area contributed by atoms with Crippen molar-refractivity contribution >= 4 is 18.0 Å². The van der Waals surface area contributed by atoms with Gasteiger partial charge in [0.1, 0.15) is 18.7 Å². The minimum Gasteiger partial charge on any atom is -0.467 e. The van der Waals surface area contributed by atoms with E-state index in [1.807, 2.05) is 74.5 Å². The first-order valence-corrected chi connectivity index (χ1v) is 10.3. The van der Waals surface area contributed by atoms with Crippen molar-refractivity contribution < 1.29 is 23.9 Å². The third-order valence-electron chi connectivity index (χ3n) is 4.61. The lowest BCUT2D eigenvalue weighted by Crippen LogP contribution is -2.53. The van der Waals surface area contributed by atoms with Gasteiger partial charge in [-0.05, 0) is 23.5 Å². The molecule has 0 aliphatic heterocycles. The Kier molecular flexibility index (Phi) is 9.55. The highest BCUT2D eigenvalue weighted by atomic mass is 16.5. The first kappa shape index (κ1) is 23.9. The van der Waals surface area contributed by atoms with Crippen LogP contribution in [-0.2, 0) is 32.1 Å². The molecule has 0 spiro atoms. The Morgan fingerprint density at radius 3 is 1.97 bits per heavy atom. The summed E-state index contributed by atoms with van der Waals surface area (Å²) in [6, 6.07) is 16.9. The summed E-state index contributed by atoms with van der Waals surface area (Å²) in [4.78, 5) is 37.4. The fraction of sp³-hybridized carbons (Fsp3) is 0.375. The van der Waals surface area contributed by atoms with Gasteiger partial charge in [-0.25, -0.2) is 9.59 Å². The number of amides is 2. The van der Waals surface area contributed by atoms with E-state index in [1.165, 1.54) is 7.11 Å². The van der Waals surface area contributed by atoms with Crippen molar-refractivity contribution in [2.24, 2.45) is 5.92 Å². The number of hydrogen-bond acceptors (Lipinski definition) is 5. The number of carbonyl (C=O) groups is 3. The average Bonchev–Trinajstić information content (AvgIpc) is 2.77. The zero-order valence-corrected chi connectivity index (χ0v) is 18.2. The van der Waals surface area contributed by atoms with Crippen LogP contribution in [0.25, 0.3) is 0 Å². The Hall–Kier alpha value is -3.35. The Balaban J connectivity index is 2.08. The molecular weight excluding hydrogens is 396 g/mol. The Morgan fingerprint density at radius 2 is 1.42 bits per heavy atom. The molecule has 0 saturated heterocycles. The van der Waals surface area contributed by atoms with Crippen LogP contribution in [0.2, 0.25) is 0 Å². The zero-order chi connectivity index (χ0) is 22.6. The Morgan fingerprint density at radius 1 is 0.839 bits per heavy atom.